The van der Waals surface area contributed by atoms with Crippen molar-refractivity contribution in [3.63, 3.8) is 0 Å². The summed E-state index contributed by atoms with van der Waals surface area (Å²) in [5, 5.41) is 9.41. The van der Waals surface area contributed by atoms with Crippen LogP contribution in [-0.4, -0.2) is 37.7 Å². The average molecular weight is 346 g/mol. The summed E-state index contributed by atoms with van der Waals surface area (Å²) in [6, 6.07) is 1.87. The second-order valence-corrected chi connectivity index (χ2v) is 7.81. The Morgan fingerprint density at radius 1 is 1.23 bits per heavy atom. The maximum absolute atomic E-state index is 13.1. The van der Waals surface area contributed by atoms with Crippen LogP contribution < -0.4 is 9.62 Å². The molecule has 1 aliphatic rings. The maximum atomic E-state index is 13.1. The number of nitrogens with one attached hydrogen (secondary N) is 1. The number of hydrogen-bond acceptors (Lipinski definition) is 6. The minimum Gasteiger partial charge on any atom is -0.343 e. The molecule has 0 amide bonds. The number of aryl methyl sites for hydroxylation is 1. The van der Waals surface area contributed by atoms with Gasteiger partial charge in [-0.1, -0.05) is 11.3 Å². The first-order valence-electron chi connectivity index (χ1n) is 6.37. The molecule has 0 saturated carbocycles. The summed E-state index contributed by atoms with van der Waals surface area (Å²) in [6.07, 6.45) is 0. The number of halogens is 2. The standard InChI is InChI=1S/C12H12F2N4O2S2/c1-7-15-16-12(21-7)18-5-10(6-18)17-22(19,20)11-3-8(13)2-9(14)4-11/h2-4,10,17H,5-6H2,1H3. The third kappa shape index (κ3) is 3.08. The quantitative estimate of drug-likeness (QED) is 0.903. The van der Waals surface area contributed by atoms with E-state index in [-0.39, 0.29) is 6.04 Å². The van der Waals surface area contributed by atoms with E-state index in [0.29, 0.717) is 19.2 Å². The van der Waals surface area contributed by atoms with E-state index in [4.69, 9.17) is 0 Å². The van der Waals surface area contributed by atoms with Crippen molar-refractivity contribution in [1.82, 2.24) is 14.9 Å². The Bertz CT molecular complexity index is 783. The molecule has 0 aliphatic carbocycles. The molecule has 3 rings (SSSR count). The number of sulfonamides is 1. The third-order valence-electron chi connectivity index (χ3n) is 3.14. The highest BCUT2D eigenvalue weighted by molar-refractivity contribution is 7.89. The molecular weight excluding hydrogens is 334 g/mol. The molecular formula is C12H12F2N4O2S2. The average Bonchev–Trinajstić information content (AvgIpc) is 2.78. The van der Waals surface area contributed by atoms with Crippen molar-refractivity contribution < 1.29 is 17.2 Å². The topological polar surface area (TPSA) is 75.2 Å². The van der Waals surface area contributed by atoms with Gasteiger partial charge in [0, 0.05) is 19.2 Å². The van der Waals surface area contributed by atoms with E-state index in [9.17, 15) is 17.2 Å². The van der Waals surface area contributed by atoms with Gasteiger partial charge in [0.25, 0.3) is 0 Å². The van der Waals surface area contributed by atoms with E-state index in [1.165, 1.54) is 11.3 Å². The summed E-state index contributed by atoms with van der Waals surface area (Å²) in [5.74, 6) is -1.86. The lowest BCUT2D eigenvalue weighted by Crippen LogP contribution is -2.59. The molecule has 0 spiro atoms. The first kappa shape index (κ1) is 15.3. The van der Waals surface area contributed by atoms with Gasteiger partial charge in [-0.25, -0.2) is 21.9 Å². The summed E-state index contributed by atoms with van der Waals surface area (Å²) in [7, 11) is -3.96. The highest BCUT2D eigenvalue weighted by Crippen LogP contribution is 2.25. The fraction of sp³-hybridized carbons (Fsp3) is 0.333. The smallest absolute Gasteiger partial charge is 0.241 e. The zero-order chi connectivity index (χ0) is 15.9. The van der Waals surface area contributed by atoms with Gasteiger partial charge in [-0.15, -0.1) is 10.2 Å². The first-order valence-corrected chi connectivity index (χ1v) is 8.67. The number of benzene rings is 1. The molecule has 118 valence electrons. The Morgan fingerprint density at radius 2 is 1.86 bits per heavy atom. The molecule has 1 aromatic heterocycles. The molecule has 22 heavy (non-hydrogen) atoms. The molecule has 2 aromatic rings. The van der Waals surface area contributed by atoms with Crippen molar-refractivity contribution in [3.8, 4) is 0 Å². The second kappa shape index (κ2) is 5.52. The van der Waals surface area contributed by atoms with E-state index < -0.39 is 26.6 Å². The van der Waals surface area contributed by atoms with Gasteiger partial charge >= 0.3 is 0 Å². The van der Waals surface area contributed by atoms with Crippen LogP contribution in [0, 0.1) is 18.6 Å². The Labute approximate surface area is 129 Å². The molecule has 10 heteroatoms. The van der Waals surface area contributed by atoms with E-state index in [2.05, 4.69) is 14.9 Å². The molecule has 2 heterocycles. The number of hydrogen-bond donors (Lipinski definition) is 1. The van der Waals surface area contributed by atoms with Crippen molar-refractivity contribution in [1.29, 1.82) is 0 Å². The van der Waals surface area contributed by atoms with E-state index in [1.807, 2.05) is 11.8 Å². The summed E-state index contributed by atoms with van der Waals surface area (Å²) < 4.78 is 52.9. The molecule has 1 N–H and O–H groups in total. The second-order valence-electron chi connectivity index (χ2n) is 4.93. The summed E-state index contributed by atoms with van der Waals surface area (Å²) >= 11 is 1.42. The van der Waals surface area contributed by atoms with Crippen molar-refractivity contribution in [3.05, 3.63) is 34.8 Å². The largest absolute Gasteiger partial charge is 0.343 e. The van der Waals surface area contributed by atoms with E-state index in [0.717, 1.165) is 22.3 Å². The molecule has 1 fully saturated rings. The Hall–Kier alpha value is -1.65. The van der Waals surface area contributed by atoms with Crippen molar-refractivity contribution in [2.75, 3.05) is 18.0 Å². The zero-order valence-electron chi connectivity index (χ0n) is 11.5. The van der Waals surface area contributed by atoms with Crippen LogP contribution >= 0.6 is 11.3 Å². The lowest BCUT2D eigenvalue weighted by Gasteiger charge is -2.38. The van der Waals surface area contributed by atoms with Crippen LogP contribution in [-0.2, 0) is 10.0 Å². The summed E-state index contributed by atoms with van der Waals surface area (Å²) in [6.45, 7) is 2.71. The highest BCUT2D eigenvalue weighted by Gasteiger charge is 2.33. The van der Waals surface area contributed by atoms with Crippen molar-refractivity contribution >= 4 is 26.5 Å². The minimum absolute atomic E-state index is 0.333. The van der Waals surface area contributed by atoms with E-state index >= 15 is 0 Å². The normalized spacial score (nSPS) is 15.9. The van der Waals surface area contributed by atoms with Crippen LogP contribution in [0.15, 0.2) is 23.1 Å². The molecule has 0 unspecified atom stereocenters. The van der Waals surface area contributed by atoms with Crippen LogP contribution in [0.5, 0.6) is 0 Å². The van der Waals surface area contributed by atoms with E-state index in [1.54, 1.807) is 0 Å². The number of nitrogens with zero attached hydrogens (tertiary/aromatic N) is 3. The lowest BCUT2D eigenvalue weighted by atomic mass is 10.1. The van der Waals surface area contributed by atoms with Gasteiger partial charge in [-0.05, 0) is 19.1 Å². The van der Waals surface area contributed by atoms with Gasteiger partial charge in [-0.2, -0.15) is 0 Å². The Balaban J connectivity index is 1.66. The molecule has 0 radical (unpaired) electrons. The molecule has 1 aromatic carbocycles. The van der Waals surface area contributed by atoms with Gasteiger partial charge in [0.2, 0.25) is 15.2 Å². The van der Waals surface area contributed by atoms with Gasteiger partial charge in [0.15, 0.2) is 0 Å². The fourth-order valence-corrected chi connectivity index (χ4v) is 4.06. The van der Waals surface area contributed by atoms with Gasteiger partial charge in [0.1, 0.15) is 16.6 Å². The fourth-order valence-electron chi connectivity index (χ4n) is 2.09. The van der Waals surface area contributed by atoms with Gasteiger partial charge in [0.05, 0.1) is 10.9 Å². The monoisotopic (exact) mass is 346 g/mol. The summed E-state index contributed by atoms with van der Waals surface area (Å²) in [5.41, 5.74) is 0. The predicted octanol–water partition coefficient (Wildman–Crippen LogP) is 1.29. The molecule has 1 saturated heterocycles. The molecule has 0 atom stereocenters. The Morgan fingerprint density at radius 3 is 2.41 bits per heavy atom. The number of aromatic nitrogens is 2. The third-order valence-corrected chi connectivity index (χ3v) is 5.54. The highest BCUT2D eigenvalue weighted by atomic mass is 32.2. The predicted molar refractivity (Wildman–Crippen MR) is 77.3 cm³/mol. The van der Waals surface area contributed by atoms with Gasteiger partial charge in [-0.3, -0.25) is 0 Å². The van der Waals surface area contributed by atoms with Gasteiger partial charge < -0.3 is 4.90 Å². The minimum atomic E-state index is -3.96. The maximum Gasteiger partial charge on any atom is 0.241 e. The van der Waals surface area contributed by atoms with Crippen LogP contribution in [0.2, 0.25) is 0 Å². The first-order chi connectivity index (χ1) is 10.3. The van der Waals surface area contributed by atoms with Crippen molar-refractivity contribution in [2.24, 2.45) is 0 Å². The van der Waals surface area contributed by atoms with Crippen LogP contribution in [0.1, 0.15) is 5.01 Å². The van der Waals surface area contributed by atoms with Crippen molar-refractivity contribution in [2.45, 2.75) is 17.9 Å². The summed E-state index contributed by atoms with van der Waals surface area (Å²) in [4.78, 5) is 1.46. The molecule has 1 aliphatic heterocycles. The van der Waals surface area contributed by atoms with Crippen LogP contribution in [0.4, 0.5) is 13.9 Å². The SMILES string of the molecule is Cc1nnc(N2CC(NS(=O)(=O)c3cc(F)cc(F)c3)C2)s1. The number of rotatable bonds is 4. The molecule has 0 bridgehead atoms. The number of anilines is 1. The Kier molecular flexibility index (Phi) is 3.83. The van der Waals surface area contributed by atoms with Crippen LogP contribution in [0.3, 0.4) is 0 Å². The molecule has 6 nitrogen and oxygen atoms in total. The van der Waals surface area contributed by atoms with Crippen LogP contribution in [0.25, 0.3) is 0 Å². The zero-order valence-corrected chi connectivity index (χ0v) is 13.1. The lowest BCUT2D eigenvalue weighted by molar-refractivity contribution is 0.467.